The molecule has 0 saturated carbocycles. The molecule has 0 aliphatic heterocycles. The van der Waals surface area contributed by atoms with Gasteiger partial charge in [0.15, 0.2) is 17.1 Å². The van der Waals surface area contributed by atoms with Crippen molar-refractivity contribution in [3.8, 4) is 11.5 Å². The van der Waals surface area contributed by atoms with Crippen LogP contribution in [0.1, 0.15) is 43.2 Å². The van der Waals surface area contributed by atoms with Gasteiger partial charge in [-0.3, -0.25) is 19.6 Å². The molecule has 0 atom stereocenters. The van der Waals surface area contributed by atoms with E-state index in [1.165, 1.54) is 73.1 Å². The van der Waals surface area contributed by atoms with Crippen molar-refractivity contribution in [3.05, 3.63) is 188 Å². The van der Waals surface area contributed by atoms with Gasteiger partial charge in [-0.05, 0) is 130 Å². The number of carbonyl (C=O) groups excluding carboxylic acids is 2. The number of aromatic nitrogens is 4. The molecular weight excluding hydrogens is 1060 g/mol. The van der Waals surface area contributed by atoms with Crippen LogP contribution in [0.15, 0.2) is 153 Å². The Kier molecular flexibility index (Phi) is 16.3. The highest BCUT2D eigenvalue weighted by atomic mass is 79.9. The van der Waals surface area contributed by atoms with Gasteiger partial charge in [-0.1, -0.05) is 59.7 Å². The topological polar surface area (TPSA) is 207 Å². The van der Waals surface area contributed by atoms with Crippen LogP contribution in [0.2, 0.25) is 0 Å². The van der Waals surface area contributed by atoms with Crippen LogP contribution in [-0.4, -0.2) is 53.7 Å². The fourth-order valence-electron chi connectivity index (χ4n) is 5.85. The molecule has 67 heavy (non-hydrogen) atoms. The van der Waals surface area contributed by atoms with Gasteiger partial charge in [0.25, 0.3) is 20.9 Å². The van der Waals surface area contributed by atoms with Crippen LogP contribution in [0.3, 0.4) is 0 Å². The van der Waals surface area contributed by atoms with Crippen LogP contribution in [0.4, 0.5) is 8.78 Å². The van der Waals surface area contributed by atoms with Crippen molar-refractivity contribution in [2.45, 2.75) is 36.7 Å². The molecule has 344 valence electrons. The Morgan fingerprint density at radius 1 is 0.627 bits per heavy atom. The molecule has 2 amide bonds. The highest BCUT2D eigenvalue weighted by Crippen LogP contribution is 2.34. The van der Waals surface area contributed by atoms with Crippen LogP contribution in [0, 0.1) is 25.5 Å². The van der Waals surface area contributed by atoms with Gasteiger partial charge in [0.1, 0.15) is 36.8 Å². The SMILES string of the molecule is Cc1ccc(S(=O)(=O)Cl)cc1.Cc1ccc(S(=O)(=O)Oc2c(C(=O)NCc3ccc(F)cc3)nc(Br)c3cccnc23)cc1.O=C(NCc1ccc(F)cc1)c1nc(Br)c2cccnc2c1O. The lowest BCUT2D eigenvalue weighted by Crippen LogP contribution is -2.25. The first-order valence-corrected chi connectivity index (χ1v) is 24.8. The largest absolute Gasteiger partial charge is 0.504 e. The number of nitrogens with one attached hydrogen (secondary N) is 2. The summed E-state index contributed by atoms with van der Waals surface area (Å²) in [5, 5.41) is 16.6. The molecule has 0 unspecified atom stereocenters. The van der Waals surface area contributed by atoms with Crippen LogP contribution >= 0.6 is 42.5 Å². The summed E-state index contributed by atoms with van der Waals surface area (Å²) >= 11 is 6.58. The fraction of sp³-hybridized carbons (Fsp3) is 0.0870. The number of benzene rings is 4. The van der Waals surface area contributed by atoms with E-state index in [1.807, 2.05) is 13.8 Å². The van der Waals surface area contributed by atoms with Crippen molar-refractivity contribution in [1.29, 1.82) is 0 Å². The second-order valence-corrected chi connectivity index (χ2v) is 19.8. The number of pyridine rings is 4. The normalized spacial score (nSPS) is 11.1. The van der Waals surface area contributed by atoms with Gasteiger partial charge in [0.05, 0.1) is 4.90 Å². The van der Waals surface area contributed by atoms with E-state index in [0.717, 1.165) is 16.7 Å². The van der Waals surface area contributed by atoms with E-state index in [-0.39, 0.29) is 57.1 Å². The van der Waals surface area contributed by atoms with Gasteiger partial charge in [-0.2, -0.15) is 8.42 Å². The molecule has 0 fully saturated rings. The van der Waals surface area contributed by atoms with E-state index < -0.39 is 36.8 Å². The summed E-state index contributed by atoms with van der Waals surface area (Å²) in [6, 6.07) is 30.6. The van der Waals surface area contributed by atoms with Gasteiger partial charge >= 0.3 is 10.1 Å². The molecule has 0 aliphatic rings. The van der Waals surface area contributed by atoms with E-state index in [1.54, 1.807) is 60.7 Å². The lowest BCUT2D eigenvalue weighted by atomic mass is 10.2. The molecule has 0 saturated heterocycles. The van der Waals surface area contributed by atoms with E-state index >= 15 is 0 Å². The average Bonchev–Trinajstić information content (AvgIpc) is 3.31. The third-order valence-electron chi connectivity index (χ3n) is 9.33. The van der Waals surface area contributed by atoms with Crippen molar-refractivity contribution in [1.82, 2.24) is 30.6 Å². The summed E-state index contributed by atoms with van der Waals surface area (Å²) in [6.07, 6.45) is 2.98. The number of hydrogen-bond acceptors (Lipinski definition) is 12. The second-order valence-electron chi connectivity index (χ2n) is 14.2. The minimum atomic E-state index is -4.28. The van der Waals surface area contributed by atoms with Crippen LogP contribution in [0.25, 0.3) is 21.8 Å². The highest BCUT2D eigenvalue weighted by molar-refractivity contribution is 9.10. The van der Waals surface area contributed by atoms with Gasteiger partial charge in [0, 0.05) is 46.9 Å². The number of carbonyl (C=O) groups is 2. The zero-order valence-electron chi connectivity index (χ0n) is 34.9. The molecule has 4 heterocycles. The van der Waals surface area contributed by atoms with E-state index in [4.69, 9.17) is 14.9 Å². The monoisotopic (exact) mass is 1090 g/mol. The number of rotatable bonds is 10. The smallest absolute Gasteiger partial charge is 0.339 e. The summed E-state index contributed by atoms with van der Waals surface area (Å²) < 4.78 is 79.5. The molecule has 21 heteroatoms. The Hall–Kier alpha value is -6.45. The summed E-state index contributed by atoms with van der Waals surface area (Å²) in [5.41, 5.74) is 3.34. The molecule has 4 aromatic heterocycles. The number of nitrogens with zero attached hydrogens (tertiary/aromatic N) is 4. The molecule has 0 aliphatic carbocycles. The fourth-order valence-corrected chi connectivity index (χ4v) is 8.56. The number of aromatic hydroxyl groups is 1. The highest BCUT2D eigenvalue weighted by Gasteiger charge is 2.27. The molecular formula is C46H35Br2ClF2N6O8S2. The Morgan fingerprint density at radius 2 is 1.04 bits per heavy atom. The maximum absolute atomic E-state index is 13.1. The first-order chi connectivity index (χ1) is 31.8. The lowest BCUT2D eigenvalue weighted by molar-refractivity contribution is 0.0935. The molecule has 0 spiro atoms. The predicted octanol–water partition coefficient (Wildman–Crippen LogP) is 9.63. The number of aryl methyl sites for hydroxylation is 2. The number of halogens is 5. The van der Waals surface area contributed by atoms with E-state index in [2.05, 4.69) is 62.4 Å². The van der Waals surface area contributed by atoms with Crippen molar-refractivity contribution in [3.63, 3.8) is 0 Å². The number of fused-ring (bicyclic) bond motifs is 2. The predicted molar refractivity (Wildman–Crippen MR) is 254 cm³/mol. The maximum Gasteiger partial charge on any atom is 0.339 e. The Morgan fingerprint density at radius 3 is 1.52 bits per heavy atom. The molecule has 4 aromatic carbocycles. The zero-order valence-corrected chi connectivity index (χ0v) is 40.5. The molecule has 0 radical (unpaired) electrons. The van der Waals surface area contributed by atoms with Gasteiger partial charge in [0.2, 0.25) is 5.75 Å². The molecule has 3 N–H and O–H groups in total. The first kappa shape index (κ1) is 50.0. The molecule has 8 aromatic rings. The minimum absolute atomic E-state index is 0.0715. The zero-order chi connectivity index (χ0) is 48.5. The Labute approximate surface area is 404 Å². The van der Waals surface area contributed by atoms with Crippen molar-refractivity contribution in [2.24, 2.45) is 0 Å². The van der Waals surface area contributed by atoms with Gasteiger partial charge in [-0.15, -0.1) is 0 Å². The summed E-state index contributed by atoms with van der Waals surface area (Å²) in [7, 11) is -2.74. The third-order valence-corrected chi connectivity index (χ3v) is 13.1. The van der Waals surface area contributed by atoms with Crippen LogP contribution < -0.4 is 14.8 Å². The van der Waals surface area contributed by atoms with E-state index in [9.17, 15) is 40.3 Å². The van der Waals surface area contributed by atoms with Crippen molar-refractivity contribution in [2.75, 3.05) is 0 Å². The van der Waals surface area contributed by atoms with E-state index in [0.29, 0.717) is 31.1 Å². The van der Waals surface area contributed by atoms with Crippen molar-refractivity contribution >= 4 is 95.3 Å². The number of hydrogen-bond donors (Lipinski definition) is 3. The van der Waals surface area contributed by atoms with Crippen LogP contribution in [0.5, 0.6) is 11.5 Å². The third kappa shape index (κ3) is 13.1. The van der Waals surface area contributed by atoms with Gasteiger partial charge in [-0.25, -0.2) is 27.2 Å². The molecule has 0 bridgehead atoms. The number of amides is 2. The Bertz CT molecular complexity index is 3320. The maximum atomic E-state index is 13.1. The Balaban J connectivity index is 0.000000188. The molecule has 8 rings (SSSR count). The second kappa shape index (κ2) is 21.9. The summed E-state index contributed by atoms with van der Waals surface area (Å²) in [4.78, 5) is 41.9. The lowest BCUT2D eigenvalue weighted by Gasteiger charge is -2.14. The summed E-state index contributed by atoms with van der Waals surface area (Å²) in [5.74, 6) is -2.52. The van der Waals surface area contributed by atoms with Crippen molar-refractivity contribution < 1.29 is 44.5 Å². The molecule has 14 nitrogen and oxygen atoms in total. The quantitative estimate of drug-likeness (QED) is 0.0665. The first-order valence-electron chi connectivity index (χ1n) is 19.5. The standard InChI is InChI=1S/C23H17BrFN3O4S.C16H11BrFN3O2.C7H7ClO2S/c1-14-4-10-17(11-5-14)33(30,31)32-21-19-18(3-2-12-26-19)22(24)28-20(21)23(29)27-13-15-6-8-16(25)9-7-15;17-15-11-2-1-7-19-12(11)14(22)13(21-15)16(23)20-8-9-3-5-10(18)6-4-9;1-6-2-4-7(5-3-6)11(8,9)10/h2-12H,13H2,1H3,(H,27,29);1-7,22H,8H2,(H,20,23);2-5H,1H3. The minimum Gasteiger partial charge on any atom is -0.504 e. The van der Waals surface area contributed by atoms with Gasteiger partial charge < -0.3 is 19.9 Å². The summed E-state index contributed by atoms with van der Waals surface area (Å²) in [6.45, 7) is 3.97. The average molecular weight is 1100 g/mol. The van der Waals surface area contributed by atoms with Crippen LogP contribution in [-0.2, 0) is 32.3 Å².